The van der Waals surface area contributed by atoms with Crippen LogP contribution < -0.4 is 5.32 Å². The molecule has 1 amide bonds. The van der Waals surface area contributed by atoms with Gasteiger partial charge < -0.3 is 10.4 Å². The highest BCUT2D eigenvalue weighted by Gasteiger charge is 2.16. The van der Waals surface area contributed by atoms with E-state index in [0.717, 1.165) is 44.4 Å². The molecule has 0 fully saturated rings. The van der Waals surface area contributed by atoms with Gasteiger partial charge in [0.05, 0.1) is 23.7 Å². The lowest BCUT2D eigenvalue weighted by Crippen LogP contribution is -2.28. The fourth-order valence-electron chi connectivity index (χ4n) is 4.80. The first-order chi connectivity index (χ1) is 19.1. The molecule has 0 spiro atoms. The molecule has 0 aliphatic rings. The van der Waals surface area contributed by atoms with Gasteiger partial charge in [-0.1, -0.05) is 60.7 Å². The van der Waals surface area contributed by atoms with Crippen molar-refractivity contribution in [3.05, 3.63) is 114 Å². The molecule has 6 rings (SSSR count). The maximum absolute atomic E-state index is 12.6. The lowest BCUT2D eigenvalue weighted by atomic mass is 9.96. The van der Waals surface area contributed by atoms with E-state index in [1.807, 2.05) is 73.8 Å². The first kappa shape index (κ1) is 24.4. The van der Waals surface area contributed by atoms with Gasteiger partial charge in [-0.3, -0.25) is 14.2 Å². The van der Waals surface area contributed by atoms with Crippen LogP contribution in [0.4, 0.5) is 0 Å². The Morgan fingerprint density at radius 2 is 1.79 bits per heavy atom. The van der Waals surface area contributed by atoms with E-state index in [9.17, 15) is 9.90 Å². The standard InChI is InChI=1S/C31H26N6O2/c1-20(33-29(39)16-21-6-5-14-32-18-21)22-9-11-24(12-10-22)30-25(23-7-3-2-4-8-23)17-26-27(34-30)13-15-37-28(19-38)35-36-31(26)37/h2-15,17-18,20,38H,16,19H2,1H3,(H,33,39)/t20-/m1/s1. The van der Waals surface area contributed by atoms with Crippen LogP contribution in [-0.4, -0.2) is 35.6 Å². The first-order valence-corrected chi connectivity index (χ1v) is 12.7. The number of carbonyl (C=O) groups excluding carboxylic acids is 1. The van der Waals surface area contributed by atoms with Crippen molar-refractivity contribution in [3.63, 3.8) is 0 Å². The van der Waals surface area contributed by atoms with E-state index in [1.165, 1.54) is 0 Å². The van der Waals surface area contributed by atoms with E-state index in [4.69, 9.17) is 4.98 Å². The Balaban J connectivity index is 1.35. The molecule has 0 saturated carbocycles. The highest BCUT2D eigenvalue weighted by molar-refractivity contribution is 5.98. The Kier molecular flexibility index (Phi) is 6.52. The number of pyridine rings is 3. The molecule has 0 aliphatic heterocycles. The van der Waals surface area contributed by atoms with Crippen LogP contribution in [0.5, 0.6) is 0 Å². The molecule has 8 nitrogen and oxygen atoms in total. The van der Waals surface area contributed by atoms with Crippen molar-refractivity contribution >= 4 is 22.5 Å². The Hall–Kier alpha value is -4.95. The summed E-state index contributed by atoms with van der Waals surface area (Å²) in [6.07, 6.45) is 5.53. The van der Waals surface area contributed by atoms with Crippen LogP contribution in [0.3, 0.4) is 0 Å². The van der Waals surface area contributed by atoms with E-state index >= 15 is 0 Å². The van der Waals surface area contributed by atoms with Crippen LogP contribution >= 0.6 is 0 Å². The van der Waals surface area contributed by atoms with E-state index in [-0.39, 0.29) is 25.0 Å². The van der Waals surface area contributed by atoms with Gasteiger partial charge in [0.2, 0.25) is 5.91 Å². The van der Waals surface area contributed by atoms with Gasteiger partial charge in [0.15, 0.2) is 11.5 Å². The van der Waals surface area contributed by atoms with Gasteiger partial charge in [-0.15, -0.1) is 10.2 Å². The smallest absolute Gasteiger partial charge is 0.224 e. The minimum absolute atomic E-state index is 0.0497. The van der Waals surface area contributed by atoms with Crippen molar-refractivity contribution in [1.82, 2.24) is 29.9 Å². The molecule has 0 unspecified atom stereocenters. The number of amides is 1. The van der Waals surface area contributed by atoms with Crippen molar-refractivity contribution in [3.8, 4) is 22.4 Å². The largest absolute Gasteiger partial charge is 0.388 e. The molecule has 192 valence electrons. The Labute approximate surface area is 225 Å². The molecule has 1 atom stereocenters. The fourth-order valence-corrected chi connectivity index (χ4v) is 4.80. The van der Waals surface area contributed by atoms with Crippen LogP contribution in [0.15, 0.2) is 97.5 Å². The summed E-state index contributed by atoms with van der Waals surface area (Å²) in [5.41, 5.74) is 7.13. The van der Waals surface area contributed by atoms with Gasteiger partial charge >= 0.3 is 0 Å². The summed E-state index contributed by atoms with van der Waals surface area (Å²) in [6.45, 7) is 1.78. The molecule has 2 aromatic carbocycles. The fraction of sp³-hybridized carbons (Fsp3) is 0.129. The highest BCUT2D eigenvalue weighted by Crippen LogP contribution is 2.35. The van der Waals surface area contributed by atoms with Crippen LogP contribution in [0.2, 0.25) is 0 Å². The third kappa shape index (κ3) is 4.85. The van der Waals surface area contributed by atoms with Crippen molar-refractivity contribution < 1.29 is 9.90 Å². The maximum Gasteiger partial charge on any atom is 0.224 e. The third-order valence-electron chi connectivity index (χ3n) is 6.82. The summed E-state index contributed by atoms with van der Waals surface area (Å²) in [7, 11) is 0. The lowest BCUT2D eigenvalue weighted by molar-refractivity contribution is -0.121. The maximum atomic E-state index is 12.6. The number of nitrogens with one attached hydrogen (secondary N) is 1. The molecule has 6 aromatic rings. The second-order valence-corrected chi connectivity index (χ2v) is 9.42. The SMILES string of the molecule is C[C@@H](NC(=O)Cc1cccnc1)c1ccc(-c2nc3ccn4c(CO)nnc4c3cc2-c2ccccc2)cc1. The number of fused-ring (bicyclic) bond motifs is 3. The normalized spacial score (nSPS) is 12.1. The average Bonchev–Trinajstić information content (AvgIpc) is 3.41. The first-order valence-electron chi connectivity index (χ1n) is 12.7. The van der Waals surface area contributed by atoms with Gasteiger partial charge in [-0.05, 0) is 41.8 Å². The molecule has 2 N–H and O–H groups in total. The van der Waals surface area contributed by atoms with Gasteiger partial charge in [-0.25, -0.2) is 4.98 Å². The molecule has 0 saturated heterocycles. The zero-order valence-electron chi connectivity index (χ0n) is 21.3. The number of nitrogens with zero attached hydrogens (tertiary/aromatic N) is 5. The van der Waals surface area contributed by atoms with Crippen molar-refractivity contribution in [2.24, 2.45) is 0 Å². The Bertz CT molecular complexity index is 1770. The summed E-state index contributed by atoms with van der Waals surface area (Å²) < 4.78 is 1.79. The van der Waals surface area contributed by atoms with Gasteiger partial charge in [0, 0.05) is 35.1 Å². The van der Waals surface area contributed by atoms with Crippen LogP contribution in [0, 0.1) is 0 Å². The number of aliphatic hydroxyl groups is 1. The topological polar surface area (TPSA) is 105 Å². The predicted molar refractivity (Wildman–Crippen MR) is 150 cm³/mol. The number of carbonyl (C=O) groups is 1. The summed E-state index contributed by atoms with van der Waals surface area (Å²) in [6, 6.07) is 25.8. The number of benzene rings is 2. The molecular formula is C31H26N6O2. The number of hydrogen-bond donors (Lipinski definition) is 2. The summed E-state index contributed by atoms with van der Waals surface area (Å²) in [5.74, 6) is 0.431. The monoisotopic (exact) mass is 514 g/mol. The molecule has 0 aliphatic carbocycles. The average molecular weight is 515 g/mol. The second kappa shape index (κ2) is 10.4. The minimum Gasteiger partial charge on any atom is -0.388 e. The molecule has 0 radical (unpaired) electrons. The van der Waals surface area contributed by atoms with Crippen LogP contribution in [-0.2, 0) is 17.8 Å². The van der Waals surface area contributed by atoms with E-state index in [2.05, 4.69) is 38.7 Å². The van der Waals surface area contributed by atoms with E-state index < -0.39 is 0 Å². The summed E-state index contributed by atoms with van der Waals surface area (Å²) >= 11 is 0. The summed E-state index contributed by atoms with van der Waals surface area (Å²) in [4.78, 5) is 21.7. The van der Waals surface area contributed by atoms with Gasteiger partial charge in [0.25, 0.3) is 0 Å². The van der Waals surface area contributed by atoms with Crippen LogP contribution in [0.1, 0.15) is 29.9 Å². The zero-order chi connectivity index (χ0) is 26.8. The summed E-state index contributed by atoms with van der Waals surface area (Å²) in [5, 5.41) is 22.0. The number of aromatic nitrogens is 5. The van der Waals surface area contributed by atoms with Crippen molar-refractivity contribution in [1.29, 1.82) is 0 Å². The third-order valence-corrected chi connectivity index (χ3v) is 6.82. The van der Waals surface area contributed by atoms with E-state index in [1.54, 1.807) is 16.8 Å². The van der Waals surface area contributed by atoms with Gasteiger partial charge in [-0.2, -0.15) is 0 Å². The van der Waals surface area contributed by atoms with Gasteiger partial charge in [0.1, 0.15) is 6.61 Å². The minimum atomic E-state index is -0.196. The quantitative estimate of drug-likeness (QED) is 0.313. The highest BCUT2D eigenvalue weighted by atomic mass is 16.3. The second-order valence-electron chi connectivity index (χ2n) is 9.42. The zero-order valence-corrected chi connectivity index (χ0v) is 21.3. The van der Waals surface area contributed by atoms with Crippen molar-refractivity contribution in [2.45, 2.75) is 26.0 Å². The number of hydrogen-bond acceptors (Lipinski definition) is 6. The molecule has 0 bridgehead atoms. The Morgan fingerprint density at radius 1 is 0.974 bits per heavy atom. The molecular weight excluding hydrogens is 488 g/mol. The van der Waals surface area contributed by atoms with Crippen molar-refractivity contribution in [2.75, 3.05) is 0 Å². The van der Waals surface area contributed by atoms with E-state index in [0.29, 0.717) is 11.5 Å². The predicted octanol–water partition coefficient (Wildman–Crippen LogP) is 4.92. The molecule has 39 heavy (non-hydrogen) atoms. The number of rotatable bonds is 7. The molecule has 4 heterocycles. The lowest BCUT2D eigenvalue weighted by Gasteiger charge is -2.16. The molecule has 8 heteroatoms. The number of aliphatic hydroxyl groups excluding tert-OH is 1. The Morgan fingerprint density at radius 3 is 2.54 bits per heavy atom. The molecule has 4 aromatic heterocycles. The van der Waals surface area contributed by atoms with Crippen LogP contribution in [0.25, 0.3) is 38.9 Å².